The molecule has 1 N–H and O–H groups in total. The first kappa shape index (κ1) is 14.5. The number of carbonyl (C=O) groups excluding carboxylic acids is 1. The molecule has 1 heterocycles. The Balaban J connectivity index is 1.77. The molecular formula is C21H18N2O. The van der Waals surface area contributed by atoms with E-state index in [-0.39, 0.29) is 5.91 Å². The zero-order valence-corrected chi connectivity index (χ0v) is 13.3. The third-order valence-electron chi connectivity index (χ3n) is 4.38. The first-order chi connectivity index (χ1) is 11.8. The van der Waals surface area contributed by atoms with Gasteiger partial charge in [0.2, 0.25) is 0 Å². The molecule has 3 aromatic rings. The Labute approximate surface area is 141 Å². The highest BCUT2D eigenvalue weighted by atomic mass is 16.2. The Kier molecular flexibility index (Phi) is 3.75. The number of fused-ring (bicyclic) bond motifs is 2. The van der Waals surface area contributed by atoms with E-state index in [9.17, 15) is 4.79 Å². The van der Waals surface area contributed by atoms with Crippen LogP contribution in [0.4, 0.5) is 11.4 Å². The lowest BCUT2D eigenvalue weighted by molar-refractivity contribution is 0.0953. The maximum Gasteiger partial charge on any atom is 0.270 e. The molecule has 0 atom stereocenters. The molecular weight excluding hydrogens is 296 g/mol. The highest BCUT2D eigenvalue weighted by molar-refractivity contribution is 5.96. The minimum Gasteiger partial charge on any atom is -0.267 e. The van der Waals surface area contributed by atoms with Gasteiger partial charge in [0.15, 0.2) is 0 Å². The van der Waals surface area contributed by atoms with E-state index in [1.165, 1.54) is 11.1 Å². The number of hydrogen-bond acceptors (Lipinski definition) is 2. The maximum atomic E-state index is 12.7. The van der Waals surface area contributed by atoms with Crippen LogP contribution >= 0.6 is 0 Å². The number of para-hydroxylation sites is 2. The molecule has 0 fully saturated rings. The van der Waals surface area contributed by atoms with Gasteiger partial charge in [0.05, 0.1) is 11.4 Å². The summed E-state index contributed by atoms with van der Waals surface area (Å²) in [5, 5.41) is 1.92. The second-order valence-electron chi connectivity index (χ2n) is 5.90. The first-order valence-electron chi connectivity index (χ1n) is 8.15. The van der Waals surface area contributed by atoms with Gasteiger partial charge in [-0.3, -0.25) is 15.2 Å². The SMILES string of the molecule is O=C(NN1c2ccccc2CCc2ccccc21)c1ccccc1. The van der Waals surface area contributed by atoms with E-state index >= 15 is 0 Å². The average Bonchev–Trinajstić information content (AvgIpc) is 2.80. The summed E-state index contributed by atoms with van der Waals surface area (Å²) >= 11 is 0. The van der Waals surface area contributed by atoms with E-state index in [0.717, 1.165) is 24.2 Å². The molecule has 0 aromatic heterocycles. The van der Waals surface area contributed by atoms with Gasteiger partial charge in [-0.15, -0.1) is 0 Å². The van der Waals surface area contributed by atoms with Crippen molar-refractivity contribution in [2.24, 2.45) is 0 Å². The second-order valence-corrected chi connectivity index (χ2v) is 5.90. The number of benzene rings is 3. The van der Waals surface area contributed by atoms with Crippen molar-refractivity contribution in [1.82, 2.24) is 5.43 Å². The van der Waals surface area contributed by atoms with Gasteiger partial charge in [-0.05, 0) is 48.2 Å². The van der Waals surface area contributed by atoms with Crippen LogP contribution in [0.15, 0.2) is 78.9 Å². The lowest BCUT2D eigenvalue weighted by atomic mass is 10.0. The van der Waals surface area contributed by atoms with Gasteiger partial charge in [-0.2, -0.15) is 0 Å². The predicted octanol–water partition coefficient (Wildman–Crippen LogP) is 4.27. The topological polar surface area (TPSA) is 32.3 Å². The van der Waals surface area contributed by atoms with Gasteiger partial charge in [0.25, 0.3) is 5.91 Å². The van der Waals surface area contributed by atoms with Crippen LogP contribution in [0.1, 0.15) is 21.5 Å². The molecule has 0 bridgehead atoms. The molecule has 0 radical (unpaired) electrons. The molecule has 118 valence electrons. The van der Waals surface area contributed by atoms with Crippen molar-refractivity contribution in [3.8, 4) is 0 Å². The minimum atomic E-state index is -0.109. The summed E-state index contributed by atoms with van der Waals surface area (Å²) in [4.78, 5) is 12.7. The number of carbonyl (C=O) groups is 1. The Morgan fingerprint density at radius 3 is 1.79 bits per heavy atom. The molecule has 1 aliphatic rings. The van der Waals surface area contributed by atoms with Crippen molar-refractivity contribution in [3.05, 3.63) is 95.6 Å². The smallest absolute Gasteiger partial charge is 0.267 e. The molecule has 3 heteroatoms. The number of anilines is 2. The van der Waals surface area contributed by atoms with E-state index in [2.05, 4.69) is 29.7 Å². The van der Waals surface area contributed by atoms with Gasteiger partial charge in [-0.1, -0.05) is 54.6 Å². The fourth-order valence-corrected chi connectivity index (χ4v) is 3.16. The van der Waals surface area contributed by atoms with Crippen LogP contribution in [0.5, 0.6) is 0 Å². The summed E-state index contributed by atoms with van der Waals surface area (Å²) in [6.45, 7) is 0. The Hall–Kier alpha value is -3.07. The third kappa shape index (κ3) is 2.65. The molecule has 24 heavy (non-hydrogen) atoms. The molecule has 0 saturated carbocycles. The van der Waals surface area contributed by atoms with Crippen LogP contribution in [0.25, 0.3) is 0 Å². The van der Waals surface area contributed by atoms with Crippen molar-refractivity contribution in [2.45, 2.75) is 12.8 Å². The number of rotatable bonds is 2. The summed E-state index contributed by atoms with van der Waals surface area (Å²) in [7, 11) is 0. The Bertz CT molecular complexity index is 826. The summed E-state index contributed by atoms with van der Waals surface area (Å²) in [5.74, 6) is -0.109. The molecule has 4 rings (SSSR count). The molecule has 1 amide bonds. The van der Waals surface area contributed by atoms with E-state index in [4.69, 9.17) is 0 Å². The van der Waals surface area contributed by atoms with E-state index < -0.39 is 0 Å². The van der Waals surface area contributed by atoms with Crippen LogP contribution < -0.4 is 10.4 Å². The van der Waals surface area contributed by atoms with Crippen LogP contribution in [0.2, 0.25) is 0 Å². The Morgan fingerprint density at radius 2 is 1.21 bits per heavy atom. The number of aryl methyl sites for hydroxylation is 2. The van der Waals surface area contributed by atoms with Crippen molar-refractivity contribution >= 4 is 17.3 Å². The standard InChI is InChI=1S/C21H18N2O/c24-21(18-10-2-1-3-11-18)22-23-19-12-6-4-8-16(19)14-15-17-9-5-7-13-20(17)23/h1-13H,14-15H2,(H,22,24). The summed E-state index contributed by atoms with van der Waals surface area (Å²) in [6, 6.07) is 25.8. The molecule has 0 spiro atoms. The summed E-state index contributed by atoms with van der Waals surface area (Å²) < 4.78 is 0. The molecule has 0 saturated heterocycles. The molecule has 0 aliphatic carbocycles. The van der Waals surface area contributed by atoms with Crippen LogP contribution in [-0.2, 0) is 12.8 Å². The average molecular weight is 314 g/mol. The zero-order valence-electron chi connectivity index (χ0n) is 13.3. The lowest BCUT2D eigenvalue weighted by Gasteiger charge is -2.27. The quantitative estimate of drug-likeness (QED) is 0.766. The molecule has 3 aromatic carbocycles. The summed E-state index contributed by atoms with van der Waals surface area (Å²) in [5.41, 5.74) is 8.28. The van der Waals surface area contributed by atoms with E-state index in [0.29, 0.717) is 5.56 Å². The van der Waals surface area contributed by atoms with Gasteiger partial charge >= 0.3 is 0 Å². The highest BCUT2D eigenvalue weighted by Crippen LogP contribution is 2.34. The number of hydrogen-bond donors (Lipinski definition) is 1. The zero-order chi connectivity index (χ0) is 16.4. The number of nitrogens with one attached hydrogen (secondary N) is 1. The van der Waals surface area contributed by atoms with E-state index in [1.807, 2.05) is 59.6 Å². The first-order valence-corrected chi connectivity index (χ1v) is 8.15. The number of hydrazine groups is 1. The van der Waals surface area contributed by atoms with Crippen LogP contribution in [0.3, 0.4) is 0 Å². The van der Waals surface area contributed by atoms with E-state index in [1.54, 1.807) is 0 Å². The van der Waals surface area contributed by atoms with Crippen molar-refractivity contribution in [3.63, 3.8) is 0 Å². The molecule has 1 aliphatic heterocycles. The van der Waals surface area contributed by atoms with Gasteiger partial charge in [0, 0.05) is 5.56 Å². The van der Waals surface area contributed by atoms with Gasteiger partial charge in [0.1, 0.15) is 0 Å². The van der Waals surface area contributed by atoms with Gasteiger partial charge < -0.3 is 0 Å². The number of nitrogens with zero attached hydrogens (tertiary/aromatic N) is 1. The van der Waals surface area contributed by atoms with Gasteiger partial charge in [-0.25, -0.2) is 0 Å². The molecule has 3 nitrogen and oxygen atoms in total. The van der Waals surface area contributed by atoms with Crippen molar-refractivity contribution in [1.29, 1.82) is 0 Å². The summed E-state index contributed by atoms with van der Waals surface area (Å²) in [6.07, 6.45) is 1.93. The predicted molar refractivity (Wildman–Crippen MR) is 96.3 cm³/mol. The number of amides is 1. The fraction of sp³-hybridized carbons (Fsp3) is 0.0952. The molecule has 0 unspecified atom stereocenters. The van der Waals surface area contributed by atoms with Crippen LogP contribution in [-0.4, -0.2) is 5.91 Å². The Morgan fingerprint density at radius 1 is 0.708 bits per heavy atom. The fourth-order valence-electron chi connectivity index (χ4n) is 3.16. The minimum absolute atomic E-state index is 0.109. The monoisotopic (exact) mass is 314 g/mol. The second kappa shape index (κ2) is 6.20. The third-order valence-corrected chi connectivity index (χ3v) is 4.38. The largest absolute Gasteiger partial charge is 0.270 e. The highest BCUT2D eigenvalue weighted by Gasteiger charge is 2.22. The van der Waals surface area contributed by atoms with Crippen molar-refractivity contribution in [2.75, 3.05) is 5.01 Å². The lowest BCUT2D eigenvalue weighted by Crippen LogP contribution is -2.39. The van der Waals surface area contributed by atoms with Crippen LogP contribution in [0, 0.1) is 0 Å². The normalized spacial score (nSPS) is 12.8. The van der Waals surface area contributed by atoms with Crippen molar-refractivity contribution < 1.29 is 4.79 Å². The maximum absolute atomic E-state index is 12.7.